The van der Waals surface area contributed by atoms with Crippen molar-refractivity contribution in [2.75, 3.05) is 26.6 Å². The fourth-order valence-electron chi connectivity index (χ4n) is 3.18. The lowest BCUT2D eigenvalue weighted by molar-refractivity contribution is 0.324. The molecule has 0 spiro atoms. The van der Waals surface area contributed by atoms with Crippen LogP contribution in [0.1, 0.15) is 0 Å². The Balaban J connectivity index is 1.87. The Bertz CT molecular complexity index is 1170. The summed E-state index contributed by atoms with van der Waals surface area (Å²) in [6.07, 6.45) is 0. The number of anilines is 2. The molecule has 0 saturated carbocycles. The molecule has 4 rings (SSSR count). The van der Waals surface area contributed by atoms with Crippen LogP contribution in [0.5, 0.6) is 17.2 Å². The van der Waals surface area contributed by atoms with Crippen LogP contribution in [0.15, 0.2) is 60.7 Å². The van der Waals surface area contributed by atoms with Crippen LogP contribution in [0.2, 0.25) is 0 Å². The number of hydrogen-bond donors (Lipinski definition) is 1. The van der Waals surface area contributed by atoms with E-state index in [1.807, 2.05) is 24.3 Å². The topological polar surface area (TPSA) is 65.5 Å². The Kier molecular flexibility index (Phi) is 5.34. The third-order valence-corrected chi connectivity index (χ3v) is 4.63. The third kappa shape index (κ3) is 3.69. The first kappa shape index (κ1) is 19.4. The molecule has 0 saturated heterocycles. The minimum Gasteiger partial charge on any atom is -0.493 e. The van der Waals surface area contributed by atoms with Crippen molar-refractivity contribution in [3.63, 3.8) is 0 Å². The van der Waals surface area contributed by atoms with Gasteiger partial charge in [0.2, 0.25) is 5.75 Å². The van der Waals surface area contributed by atoms with Crippen LogP contribution < -0.4 is 19.5 Å². The molecule has 0 unspecified atom stereocenters. The number of ether oxygens (including phenoxy) is 3. The van der Waals surface area contributed by atoms with E-state index in [-0.39, 0.29) is 5.82 Å². The van der Waals surface area contributed by atoms with E-state index in [1.165, 1.54) is 12.1 Å². The Labute approximate surface area is 173 Å². The molecule has 152 valence electrons. The first-order chi connectivity index (χ1) is 14.6. The smallest absolute Gasteiger partial charge is 0.203 e. The van der Waals surface area contributed by atoms with E-state index in [2.05, 4.69) is 5.32 Å². The molecule has 4 aromatic rings. The van der Waals surface area contributed by atoms with Gasteiger partial charge < -0.3 is 19.5 Å². The highest BCUT2D eigenvalue weighted by molar-refractivity contribution is 5.92. The monoisotopic (exact) mass is 405 g/mol. The van der Waals surface area contributed by atoms with Gasteiger partial charge in [-0.1, -0.05) is 12.1 Å². The molecule has 1 N–H and O–H groups in total. The number of rotatable bonds is 6. The zero-order valence-corrected chi connectivity index (χ0v) is 16.8. The summed E-state index contributed by atoms with van der Waals surface area (Å²) in [6.45, 7) is 0. The number of nitrogens with zero attached hydrogens (tertiary/aromatic N) is 2. The number of aromatic nitrogens is 2. The van der Waals surface area contributed by atoms with E-state index in [1.54, 1.807) is 45.6 Å². The van der Waals surface area contributed by atoms with E-state index in [4.69, 9.17) is 24.2 Å². The minimum atomic E-state index is -0.300. The molecule has 6 nitrogen and oxygen atoms in total. The van der Waals surface area contributed by atoms with E-state index < -0.39 is 0 Å². The molecule has 3 aromatic carbocycles. The van der Waals surface area contributed by atoms with Crippen LogP contribution in [0.4, 0.5) is 15.9 Å². The van der Waals surface area contributed by atoms with E-state index >= 15 is 0 Å². The van der Waals surface area contributed by atoms with Gasteiger partial charge in [0.05, 0.1) is 26.8 Å². The highest BCUT2D eigenvalue weighted by Gasteiger charge is 2.17. The lowest BCUT2D eigenvalue weighted by Crippen LogP contribution is -2.01. The zero-order valence-electron chi connectivity index (χ0n) is 16.8. The first-order valence-electron chi connectivity index (χ1n) is 9.22. The van der Waals surface area contributed by atoms with E-state index in [0.29, 0.717) is 34.5 Å². The maximum atomic E-state index is 13.3. The molecule has 0 aliphatic carbocycles. The number of fused-ring (bicyclic) bond motifs is 1. The fourth-order valence-corrected chi connectivity index (χ4v) is 3.18. The van der Waals surface area contributed by atoms with Crippen molar-refractivity contribution in [3.8, 4) is 28.6 Å². The highest BCUT2D eigenvalue weighted by atomic mass is 19.1. The van der Waals surface area contributed by atoms with Crippen LogP contribution in [-0.4, -0.2) is 31.3 Å². The van der Waals surface area contributed by atoms with Crippen molar-refractivity contribution in [2.45, 2.75) is 0 Å². The second kappa shape index (κ2) is 8.24. The molecule has 0 aliphatic rings. The van der Waals surface area contributed by atoms with Gasteiger partial charge in [-0.15, -0.1) is 0 Å². The van der Waals surface area contributed by atoms with Crippen molar-refractivity contribution < 1.29 is 18.6 Å². The molecule has 0 aliphatic heterocycles. The number of benzene rings is 3. The summed E-state index contributed by atoms with van der Waals surface area (Å²) in [6, 6.07) is 17.4. The Morgan fingerprint density at radius 2 is 1.47 bits per heavy atom. The van der Waals surface area contributed by atoms with Gasteiger partial charge >= 0.3 is 0 Å². The number of para-hydroxylation sites is 1. The summed E-state index contributed by atoms with van der Waals surface area (Å²) in [4.78, 5) is 9.43. The summed E-state index contributed by atoms with van der Waals surface area (Å²) in [5.74, 6) is 2.31. The third-order valence-electron chi connectivity index (χ3n) is 4.63. The summed E-state index contributed by atoms with van der Waals surface area (Å²) >= 11 is 0. The van der Waals surface area contributed by atoms with Crippen LogP contribution >= 0.6 is 0 Å². The van der Waals surface area contributed by atoms with Gasteiger partial charge in [-0.25, -0.2) is 14.4 Å². The largest absolute Gasteiger partial charge is 0.493 e. The van der Waals surface area contributed by atoms with E-state index in [9.17, 15) is 4.39 Å². The maximum absolute atomic E-state index is 13.3. The zero-order chi connectivity index (χ0) is 21.1. The predicted molar refractivity (Wildman–Crippen MR) is 114 cm³/mol. The molecule has 7 heteroatoms. The lowest BCUT2D eigenvalue weighted by atomic mass is 10.1. The standard InChI is InChI=1S/C23H20FN3O3/c1-28-19-12-14(13-20(29-2)21(19)30-3)22-26-18-7-5-4-6-17(18)23(27-22)25-16-10-8-15(24)9-11-16/h4-13H,1-3H3,(H,25,26,27). The van der Waals surface area contributed by atoms with Crippen molar-refractivity contribution in [2.24, 2.45) is 0 Å². The molecular weight excluding hydrogens is 385 g/mol. The molecule has 1 heterocycles. The van der Waals surface area contributed by atoms with Crippen LogP contribution in [0.25, 0.3) is 22.3 Å². The van der Waals surface area contributed by atoms with Gasteiger partial charge in [-0.05, 0) is 48.5 Å². The average molecular weight is 405 g/mol. The SMILES string of the molecule is COc1cc(-c2nc(Nc3ccc(F)cc3)c3ccccc3n2)cc(OC)c1OC. The highest BCUT2D eigenvalue weighted by Crippen LogP contribution is 2.41. The minimum absolute atomic E-state index is 0.300. The summed E-state index contributed by atoms with van der Waals surface area (Å²) in [5, 5.41) is 4.10. The molecule has 30 heavy (non-hydrogen) atoms. The first-order valence-corrected chi connectivity index (χ1v) is 9.22. The molecule has 0 radical (unpaired) electrons. The quantitative estimate of drug-likeness (QED) is 0.475. The number of hydrogen-bond acceptors (Lipinski definition) is 6. The summed E-state index contributed by atoms with van der Waals surface area (Å²) < 4.78 is 29.6. The van der Waals surface area contributed by atoms with Crippen molar-refractivity contribution in [3.05, 3.63) is 66.5 Å². The average Bonchev–Trinajstić information content (AvgIpc) is 2.79. The van der Waals surface area contributed by atoms with Crippen LogP contribution in [0.3, 0.4) is 0 Å². The Morgan fingerprint density at radius 3 is 2.10 bits per heavy atom. The Morgan fingerprint density at radius 1 is 0.800 bits per heavy atom. The normalized spacial score (nSPS) is 10.7. The lowest BCUT2D eigenvalue weighted by Gasteiger charge is -2.15. The van der Waals surface area contributed by atoms with Gasteiger partial charge in [-0.2, -0.15) is 0 Å². The molecule has 1 aromatic heterocycles. The van der Waals surface area contributed by atoms with Gasteiger partial charge in [0, 0.05) is 16.6 Å². The number of methoxy groups -OCH3 is 3. The maximum Gasteiger partial charge on any atom is 0.203 e. The van der Waals surface area contributed by atoms with Gasteiger partial charge in [-0.3, -0.25) is 0 Å². The molecular formula is C23H20FN3O3. The van der Waals surface area contributed by atoms with Crippen LogP contribution in [-0.2, 0) is 0 Å². The predicted octanol–water partition coefficient (Wildman–Crippen LogP) is 5.21. The van der Waals surface area contributed by atoms with Crippen molar-refractivity contribution >= 4 is 22.4 Å². The second-order valence-electron chi connectivity index (χ2n) is 6.46. The molecule has 0 amide bonds. The molecule has 0 fully saturated rings. The van der Waals surface area contributed by atoms with Crippen LogP contribution in [0, 0.1) is 5.82 Å². The van der Waals surface area contributed by atoms with E-state index in [0.717, 1.165) is 16.6 Å². The van der Waals surface area contributed by atoms with Gasteiger partial charge in [0.1, 0.15) is 11.6 Å². The van der Waals surface area contributed by atoms with Crippen molar-refractivity contribution in [1.82, 2.24) is 9.97 Å². The number of nitrogens with one attached hydrogen (secondary N) is 1. The van der Waals surface area contributed by atoms with Crippen molar-refractivity contribution in [1.29, 1.82) is 0 Å². The summed E-state index contributed by atoms with van der Waals surface area (Å²) in [5.41, 5.74) is 2.19. The van der Waals surface area contributed by atoms with Gasteiger partial charge in [0.25, 0.3) is 0 Å². The van der Waals surface area contributed by atoms with Gasteiger partial charge in [0.15, 0.2) is 17.3 Å². The Hall–Kier alpha value is -3.87. The molecule has 0 bridgehead atoms. The summed E-state index contributed by atoms with van der Waals surface area (Å²) in [7, 11) is 4.67. The number of halogens is 1. The molecule has 0 atom stereocenters. The fraction of sp³-hybridized carbons (Fsp3) is 0.130. The second-order valence-corrected chi connectivity index (χ2v) is 6.46.